The quantitative estimate of drug-likeness (QED) is 0.824. The Balaban J connectivity index is 2.95. The lowest BCUT2D eigenvalue weighted by Crippen LogP contribution is -2.34. The molecular formula is C12H19FN2O4S2. The van der Waals surface area contributed by atoms with E-state index in [1.807, 2.05) is 0 Å². The minimum absolute atomic E-state index is 0.0221. The molecule has 1 aromatic carbocycles. The summed E-state index contributed by atoms with van der Waals surface area (Å²) in [7, 11) is -4.62. The van der Waals surface area contributed by atoms with Crippen LogP contribution in [-0.4, -0.2) is 47.5 Å². The molecule has 120 valence electrons. The van der Waals surface area contributed by atoms with Gasteiger partial charge in [-0.05, 0) is 37.1 Å². The highest BCUT2D eigenvalue weighted by Crippen LogP contribution is 2.21. The van der Waals surface area contributed by atoms with Gasteiger partial charge in [0.05, 0.1) is 10.6 Å². The Kier molecular flexibility index (Phi) is 5.48. The van der Waals surface area contributed by atoms with Crippen LogP contribution in [0, 0.1) is 19.7 Å². The third kappa shape index (κ3) is 4.47. The molecule has 0 amide bonds. The number of hydrogen-bond donors (Lipinski definition) is 1. The Morgan fingerprint density at radius 3 is 2.00 bits per heavy atom. The molecule has 0 heterocycles. The molecule has 1 rings (SSSR count). The Morgan fingerprint density at radius 1 is 1.10 bits per heavy atom. The van der Waals surface area contributed by atoms with Crippen molar-refractivity contribution < 1.29 is 21.2 Å². The number of nitrogens with zero attached hydrogens (tertiary/aromatic N) is 1. The van der Waals surface area contributed by atoms with E-state index in [2.05, 4.69) is 4.72 Å². The van der Waals surface area contributed by atoms with Crippen LogP contribution in [0.1, 0.15) is 11.1 Å². The van der Waals surface area contributed by atoms with Crippen LogP contribution in [0.4, 0.5) is 4.39 Å². The SMILES string of the molecule is Cc1cc(F)cc(C)c1S(=O)(=O)NCCS(=O)(=O)N(C)C. The van der Waals surface area contributed by atoms with Gasteiger partial charge in [-0.1, -0.05) is 0 Å². The molecule has 0 aliphatic carbocycles. The van der Waals surface area contributed by atoms with E-state index in [0.717, 1.165) is 16.4 Å². The molecule has 21 heavy (non-hydrogen) atoms. The van der Waals surface area contributed by atoms with Crippen LogP contribution in [0.3, 0.4) is 0 Å². The molecule has 0 aromatic heterocycles. The molecule has 0 fully saturated rings. The first-order valence-corrected chi connectivity index (χ1v) is 9.23. The molecule has 0 bridgehead atoms. The highest BCUT2D eigenvalue weighted by atomic mass is 32.2. The molecule has 1 N–H and O–H groups in total. The average molecular weight is 338 g/mol. The molecule has 0 aliphatic rings. The van der Waals surface area contributed by atoms with Gasteiger partial charge in [-0.3, -0.25) is 0 Å². The Bertz CT molecular complexity index is 705. The van der Waals surface area contributed by atoms with E-state index in [0.29, 0.717) is 0 Å². The minimum atomic E-state index is -3.89. The zero-order chi connectivity index (χ0) is 16.4. The summed E-state index contributed by atoms with van der Waals surface area (Å²) in [6.45, 7) is 2.72. The van der Waals surface area contributed by atoms with Gasteiger partial charge in [0, 0.05) is 20.6 Å². The Labute approximate surface area is 125 Å². The van der Waals surface area contributed by atoms with Crippen LogP contribution in [0.5, 0.6) is 0 Å². The average Bonchev–Trinajstić information content (AvgIpc) is 2.25. The van der Waals surface area contributed by atoms with Crippen molar-refractivity contribution in [2.45, 2.75) is 18.7 Å². The van der Waals surface area contributed by atoms with Gasteiger partial charge < -0.3 is 0 Å². The van der Waals surface area contributed by atoms with Gasteiger partial charge in [0.1, 0.15) is 5.82 Å². The summed E-state index contributed by atoms with van der Waals surface area (Å²) in [5, 5.41) is 0. The van der Waals surface area contributed by atoms with Gasteiger partial charge in [0.2, 0.25) is 20.0 Å². The molecule has 0 unspecified atom stereocenters. The van der Waals surface area contributed by atoms with Crippen molar-refractivity contribution in [2.75, 3.05) is 26.4 Å². The molecule has 0 spiro atoms. The number of sulfonamides is 2. The molecule has 0 atom stereocenters. The van der Waals surface area contributed by atoms with Crippen molar-refractivity contribution in [1.29, 1.82) is 0 Å². The van der Waals surface area contributed by atoms with Gasteiger partial charge >= 0.3 is 0 Å². The van der Waals surface area contributed by atoms with Crippen molar-refractivity contribution in [2.24, 2.45) is 0 Å². The fourth-order valence-electron chi connectivity index (χ4n) is 1.88. The largest absolute Gasteiger partial charge is 0.241 e. The third-order valence-corrected chi connectivity index (χ3v) is 6.50. The number of hydrogen-bond acceptors (Lipinski definition) is 4. The maximum atomic E-state index is 13.2. The van der Waals surface area contributed by atoms with Gasteiger partial charge in [-0.25, -0.2) is 30.3 Å². The lowest BCUT2D eigenvalue weighted by molar-refractivity contribution is 0.519. The predicted octanol–water partition coefficient (Wildman–Crippen LogP) is 0.612. The van der Waals surface area contributed by atoms with Gasteiger partial charge in [0.15, 0.2) is 0 Å². The third-order valence-electron chi connectivity index (χ3n) is 2.90. The number of halogens is 1. The van der Waals surface area contributed by atoms with E-state index in [1.54, 1.807) is 0 Å². The number of rotatable bonds is 6. The summed E-state index contributed by atoms with van der Waals surface area (Å²) < 4.78 is 64.0. The second-order valence-corrected chi connectivity index (χ2v) is 8.87. The first kappa shape index (κ1) is 18.0. The molecule has 0 saturated heterocycles. The van der Waals surface area contributed by atoms with Crippen LogP contribution < -0.4 is 4.72 Å². The maximum absolute atomic E-state index is 13.2. The minimum Gasteiger partial charge on any atom is -0.212 e. The summed E-state index contributed by atoms with van der Waals surface area (Å²) in [5.74, 6) is -0.863. The maximum Gasteiger partial charge on any atom is 0.241 e. The lowest BCUT2D eigenvalue weighted by Gasteiger charge is -2.14. The predicted molar refractivity (Wildman–Crippen MR) is 78.5 cm³/mol. The van der Waals surface area contributed by atoms with Crippen LogP contribution in [0.25, 0.3) is 0 Å². The molecule has 9 heteroatoms. The molecular weight excluding hydrogens is 319 g/mol. The normalized spacial score (nSPS) is 12.9. The smallest absolute Gasteiger partial charge is 0.212 e. The molecule has 1 aromatic rings. The number of aryl methyl sites for hydroxylation is 2. The van der Waals surface area contributed by atoms with E-state index < -0.39 is 25.9 Å². The first-order chi connectivity index (χ1) is 9.47. The van der Waals surface area contributed by atoms with Crippen molar-refractivity contribution >= 4 is 20.0 Å². The van der Waals surface area contributed by atoms with Crippen LogP contribution >= 0.6 is 0 Å². The number of nitrogens with one attached hydrogen (secondary N) is 1. The summed E-state index contributed by atoms with van der Waals surface area (Å²) >= 11 is 0. The van der Waals surface area contributed by atoms with E-state index in [-0.39, 0.29) is 28.3 Å². The fourth-order valence-corrected chi connectivity index (χ4v) is 4.22. The summed E-state index contributed by atoms with van der Waals surface area (Å²) in [5.41, 5.74) is 0.547. The first-order valence-electron chi connectivity index (χ1n) is 6.14. The van der Waals surface area contributed by atoms with E-state index >= 15 is 0 Å². The lowest BCUT2D eigenvalue weighted by atomic mass is 10.1. The standard InChI is InChI=1S/C12H19FN2O4S2/c1-9-7-11(13)8-10(2)12(9)21(18,19)14-5-6-20(16,17)15(3)4/h7-8,14H,5-6H2,1-4H3. The number of benzene rings is 1. The van der Waals surface area contributed by atoms with Crippen molar-refractivity contribution in [3.05, 3.63) is 29.1 Å². The monoisotopic (exact) mass is 338 g/mol. The van der Waals surface area contributed by atoms with E-state index in [4.69, 9.17) is 0 Å². The van der Waals surface area contributed by atoms with Crippen molar-refractivity contribution in [1.82, 2.24) is 9.03 Å². The zero-order valence-corrected chi connectivity index (χ0v) is 14.0. The van der Waals surface area contributed by atoms with Gasteiger partial charge in [0.25, 0.3) is 0 Å². The topological polar surface area (TPSA) is 83.5 Å². The summed E-state index contributed by atoms with van der Waals surface area (Å²) in [6, 6.07) is 2.25. The van der Waals surface area contributed by atoms with Crippen molar-refractivity contribution in [3.63, 3.8) is 0 Å². The summed E-state index contributed by atoms with van der Waals surface area (Å²) in [4.78, 5) is -0.0221. The fraction of sp³-hybridized carbons (Fsp3) is 0.500. The molecule has 6 nitrogen and oxygen atoms in total. The van der Waals surface area contributed by atoms with Crippen molar-refractivity contribution in [3.8, 4) is 0 Å². The van der Waals surface area contributed by atoms with Crippen LogP contribution in [-0.2, 0) is 20.0 Å². The van der Waals surface area contributed by atoms with E-state index in [9.17, 15) is 21.2 Å². The zero-order valence-electron chi connectivity index (χ0n) is 12.3. The van der Waals surface area contributed by atoms with Gasteiger partial charge in [-0.15, -0.1) is 0 Å². The van der Waals surface area contributed by atoms with Crippen LogP contribution in [0.15, 0.2) is 17.0 Å². The highest BCUT2D eigenvalue weighted by molar-refractivity contribution is 7.90. The van der Waals surface area contributed by atoms with Gasteiger partial charge in [-0.2, -0.15) is 0 Å². The Hall–Kier alpha value is -1.03. The molecule has 0 radical (unpaired) electrons. The Morgan fingerprint density at radius 2 is 1.57 bits per heavy atom. The molecule has 0 saturated carbocycles. The molecule has 0 aliphatic heterocycles. The van der Waals surface area contributed by atoms with E-state index in [1.165, 1.54) is 27.9 Å². The highest BCUT2D eigenvalue weighted by Gasteiger charge is 2.21. The second kappa shape index (κ2) is 6.39. The summed E-state index contributed by atoms with van der Waals surface area (Å²) in [6.07, 6.45) is 0. The van der Waals surface area contributed by atoms with Crippen LogP contribution in [0.2, 0.25) is 0 Å². The second-order valence-electron chi connectivity index (χ2n) is 4.86.